The molecule has 0 amide bonds. The Balaban J connectivity index is 2.97. The third-order valence-electron chi connectivity index (χ3n) is 1.58. The quantitative estimate of drug-likeness (QED) is 0.440. The van der Waals surface area contributed by atoms with Crippen LogP contribution in [-0.4, -0.2) is 15.6 Å². The lowest BCUT2D eigenvalue weighted by Gasteiger charge is -2.06. The molecule has 1 atom stereocenters. The van der Waals surface area contributed by atoms with Crippen molar-refractivity contribution >= 4 is 22.6 Å². The van der Waals surface area contributed by atoms with Crippen LogP contribution in [0.4, 0.5) is 0 Å². The molecule has 0 radical (unpaired) electrons. The second kappa shape index (κ2) is 7.79. The molecule has 0 bridgehead atoms. The molecule has 0 aromatic carbocycles. The number of halogens is 1. The van der Waals surface area contributed by atoms with E-state index in [4.69, 9.17) is 0 Å². The first-order chi connectivity index (χ1) is 4.81. The second-order valence-electron chi connectivity index (χ2n) is 2.63. The Morgan fingerprint density at radius 1 is 1.30 bits per heavy atom. The van der Waals surface area contributed by atoms with Crippen molar-refractivity contribution in [3.8, 4) is 0 Å². The third kappa shape index (κ3) is 6.81. The number of hydrogen-bond acceptors (Lipinski definition) is 1. The maximum absolute atomic E-state index is 9.27. The summed E-state index contributed by atoms with van der Waals surface area (Å²) in [6.07, 6.45) is 5.62. The van der Waals surface area contributed by atoms with Crippen molar-refractivity contribution in [1.29, 1.82) is 0 Å². The molecule has 10 heavy (non-hydrogen) atoms. The number of rotatable bonds is 6. The second-order valence-corrected chi connectivity index (χ2v) is 3.71. The van der Waals surface area contributed by atoms with Gasteiger partial charge in [0.05, 0.1) is 6.10 Å². The molecule has 0 aliphatic heterocycles. The molecule has 1 N–H and O–H groups in total. The summed E-state index contributed by atoms with van der Waals surface area (Å²) in [6.45, 7) is 2.19. The van der Waals surface area contributed by atoms with Gasteiger partial charge in [-0.15, -0.1) is 0 Å². The van der Waals surface area contributed by atoms with Gasteiger partial charge in [-0.1, -0.05) is 48.8 Å². The number of hydrogen-bond donors (Lipinski definition) is 1. The van der Waals surface area contributed by atoms with Crippen LogP contribution in [0.5, 0.6) is 0 Å². The standard InChI is InChI=1S/C8H17IO/c1-2-3-4-5-8(10)6-7-9/h8,10H,2-7H2,1H3/t8-/m0/s1. The molecular formula is C8H17IO. The SMILES string of the molecule is CCCCC[C@H](O)CCI. The smallest absolute Gasteiger partial charge is 0.0547 e. The van der Waals surface area contributed by atoms with Gasteiger partial charge in [-0.3, -0.25) is 0 Å². The van der Waals surface area contributed by atoms with Crippen molar-refractivity contribution in [2.24, 2.45) is 0 Å². The van der Waals surface area contributed by atoms with E-state index in [2.05, 4.69) is 29.5 Å². The summed E-state index contributed by atoms with van der Waals surface area (Å²) in [5.41, 5.74) is 0. The van der Waals surface area contributed by atoms with Crippen LogP contribution in [0.2, 0.25) is 0 Å². The molecule has 2 heteroatoms. The molecule has 0 fully saturated rings. The fourth-order valence-corrected chi connectivity index (χ4v) is 1.62. The minimum Gasteiger partial charge on any atom is -0.393 e. The lowest BCUT2D eigenvalue weighted by Crippen LogP contribution is -2.06. The van der Waals surface area contributed by atoms with Gasteiger partial charge in [-0.25, -0.2) is 0 Å². The maximum Gasteiger partial charge on any atom is 0.0547 e. The van der Waals surface area contributed by atoms with Gasteiger partial charge in [0.2, 0.25) is 0 Å². The molecule has 0 rings (SSSR count). The lowest BCUT2D eigenvalue weighted by atomic mass is 10.1. The summed E-state index contributed by atoms with van der Waals surface area (Å²) >= 11 is 2.30. The Labute approximate surface area is 77.3 Å². The maximum atomic E-state index is 9.27. The Bertz CT molecular complexity index is 66.3. The molecule has 0 aromatic rings. The molecule has 0 aliphatic rings. The predicted octanol–water partition coefficient (Wildman–Crippen LogP) is 2.75. The zero-order valence-electron chi connectivity index (χ0n) is 6.65. The number of aliphatic hydroxyl groups is 1. The van der Waals surface area contributed by atoms with Crippen molar-refractivity contribution in [3.63, 3.8) is 0 Å². The first-order valence-corrected chi connectivity index (χ1v) is 5.57. The van der Waals surface area contributed by atoms with Gasteiger partial charge < -0.3 is 5.11 Å². The van der Waals surface area contributed by atoms with Crippen molar-refractivity contribution in [1.82, 2.24) is 0 Å². The first kappa shape index (κ1) is 10.7. The van der Waals surface area contributed by atoms with Gasteiger partial charge in [-0.2, -0.15) is 0 Å². The fraction of sp³-hybridized carbons (Fsp3) is 1.00. The van der Waals surface area contributed by atoms with Crippen LogP contribution in [0, 0.1) is 0 Å². The number of aliphatic hydroxyl groups excluding tert-OH is 1. The monoisotopic (exact) mass is 256 g/mol. The van der Waals surface area contributed by atoms with E-state index < -0.39 is 0 Å². The Morgan fingerprint density at radius 3 is 2.50 bits per heavy atom. The Kier molecular flexibility index (Phi) is 8.33. The fourth-order valence-electron chi connectivity index (χ4n) is 0.900. The molecule has 0 saturated heterocycles. The van der Waals surface area contributed by atoms with Gasteiger partial charge in [0, 0.05) is 4.43 Å². The molecule has 0 aliphatic carbocycles. The van der Waals surface area contributed by atoms with Crippen molar-refractivity contribution in [2.75, 3.05) is 4.43 Å². The molecular weight excluding hydrogens is 239 g/mol. The molecule has 0 aromatic heterocycles. The van der Waals surface area contributed by atoms with E-state index in [1.54, 1.807) is 0 Å². The predicted molar refractivity (Wildman–Crippen MR) is 53.7 cm³/mol. The van der Waals surface area contributed by atoms with Crippen LogP contribution < -0.4 is 0 Å². The van der Waals surface area contributed by atoms with Crippen molar-refractivity contribution in [3.05, 3.63) is 0 Å². The zero-order valence-corrected chi connectivity index (χ0v) is 8.80. The summed E-state index contributed by atoms with van der Waals surface area (Å²) in [5.74, 6) is 0. The summed E-state index contributed by atoms with van der Waals surface area (Å²) in [7, 11) is 0. The normalized spacial score (nSPS) is 13.5. The number of alkyl halides is 1. The zero-order chi connectivity index (χ0) is 7.82. The average molecular weight is 256 g/mol. The largest absolute Gasteiger partial charge is 0.393 e. The first-order valence-electron chi connectivity index (χ1n) is 4.05. The van der Waals surface area contributed by atoms with Crippen LogP contribution in [0.3, 0.4) is 0 Å². The van der Waals surface area contributed by atoms with Gasteiger partial charge in [0.1, 0.15) is 0 Å². The highest BCUT2D eigenvalue weighted by Gasteiger charge is 2.00. The van der Waals surface area contributed by atoms with Crippen LogP contribution in [0.15, 0.2) is 0 Å². The topological polar surface area (TPSA) is 20.2 Å². The van der Waals surface area contributed by atoms with Crippen LogP contribution >= 0.6 is 22.6 Å². The lowest BCUT2D eigenvalue weighted by molar-refractivity contribution is 0.158. The number of unbranched alkanes of at least 4 members (excludes halogenated alkanes) is 2. The van der Waals surface area contributed by atoms with Gasteiger partial charge in [-0.05, 0) is 12.8 Å². The van der Waals surface area contributed by atoms with E-state index in [9.17, 15) is 5.11 Å². The molecule has 1 nitrogen and oxygen atoms in total. The highest BCUT2D eigenvalue weighted by Crippen LogP contribution is 2.07. The average Bonchev–Trinajstić information content (AvgIpc) is 1.89. The molecule has 0 saturated carbocycles. The Morgan fingerprint density at radius 2 is 2.00 bits per heavy atom. The van der Waals surface area contributed by atoms with E-state index in [-0.39, 0.29) is 6.10 Å². The molecule has 0 unspecified atom stereocenters. The van der Waals surface area contributed by atoms with E-state index in [0.29, 0.717) is 0 Å². The van der Waals surface area contributed by atoms with E-state index in [1.807, 2.05) is 0 Å². The van der Waals surface area contributed by atoms with Crippen molar-refractivity contribution < 1.29 is 5.11 Å². The minimum absolute atomic E-state index is 0.0385. The van der Waals surface area contributed by atoms with Crippen LogP contribution in [0.1, 0.15) is 39.0 Å². The van der Waals surface area contributed by atoms with Crippen molar-refractivity contribution in [2.45, 2.75) is 45.1 Å². The molecule has 0 spiro atoms. The van der Waals surface area contributed by atoms with E-state index in [0.717, 1.165) is 17.3 Å². The van der Waals surface area contributed by atoms with Gasteiger partial charge in [0.15, 0.2) is 0 Å². The van der Waals surface area contributed by atoms with E-state index >= 15 is 0 Å². The summed E-state index contributed by atoms with van der Waals surface area (Å²) in [4.78, 5) is 0. The molecule has 62 valence electrons. The highest BCUT2D eigenvalue weighted by atomic mass is 127. The third-order valence-corrected chi connectivity index (χ3v) is 2.21. The Hall–Kier alpha value is 0.690. The molecule has 0 heterocycles. The van der Waals surface area contributed by atoms with Gasteiger partial charge >= 0.3 is 0 Å². The van der Waals surface area contributed by atoms with E-state index in [1.165, 1.54) is 19.3 Å². The summed E-state index contributed by atoms with van der Waals surface area (Å²) < 4.78 is 1.07. The minimum atomic E-state index is -0.0385. The van der Waals surface area contributed by atoms with Gasteiger partial charge in [0.25, 0.3) is 0 Å². The summed E-state index contributed by atoms with van der Waals surface area (Å²) in [6, 6.07) is 0. The summed E-state index contributed by atoms with van der Waals surface area (Å²) in [5, 5.41) is 9.27. The van der Waals surface area contributed by atoms with Crippen LogP contribution in [-0.2, 0) is 0 Å². The van der Waals surface area contributed by atoms with Crippen LogP contribution in [0.25, 0.3) is 0 Å². The highest BCUT2D eigenvalue weighted by molar-refractivity contribution is 14.1.